The Morgan fingerprint density at radius 1 is 1.15 bits per heavy atom. The zero-order chi connectivity index (χ0) is 14.8. The summed E-state index contributed by atoms with van der Waals surface area (Å²) in [5, 5.41) is 0. The first-order valence-electron chi connectivity index (χ1n) is 7.65. The maximum Gasteiger partial charge on any atom is 0.0589 e. The Labute approximate surface area is 124 Å². The lowest BCUT2D eigenvalue weighted by Crippen LogP contribution is -2.32. The number of methoxy groups -OCH3 is 1. The SMILES string of the molecule is COCCN(CCCC(N)c1ccccc1)CC(C)C. The molecule has 0 aliphatic rings. The summed E-state index contributed by atoms with van der Waals surface area (Å²) in [7, 11) is 1.76. The third kappa shape index (κ3) is 7.04. The molecule has 0 bridgehead atoms. The number of hydrogen-bond acceptors (Lipinski definition) is 3. The van der Waals surface area contributed by atoms with Crippen LogP contribution in [0.15, 0.2) is 30.3 Å². The Bertz CT molecular complexity index is 340. The molecule has 1 aromatic carbocycles. The van der Waals surface area contributed by atoms with Gasteiger partial charge >= 0.3 is 0 Å². The van der Waals surface area contributed by atoms with Crippen molar-refractivity contribution in [3.8, 4) is 0 Å². The molecule has 1 atom stereocenters. The van der Waals surface area contributed by atoms with E-state index in [1.54, 1.807) is 7.11 Å². The summed E-state index contributed by atoms with van der Waals surface area (Å²) >= 11 is 0. The molecule has 0 saturated carbocycles. The van der Waals surface area contributed by atoms with E-state index >= 15 is 0 Å². The van der Waals surface area contributed by atoms with Crippen LogP contribution in [-0.2, 0) is 4.74 Å². The van der Waals surface area contributed by atoms with Crippen molar-refractivity contribution in [2.45, 2.75) is 32.7 Å². The van der Waals surface area contributed by atoms with E-state index < -0.39 is 0 Å². The maximum atomic E-state index is 6.24. The molecule has 0 fully saturated rings. The third-order valence-corrected chi connectivity index (χ3v) is 3.45. The summed E-state index contributed by atoms with van der Waals surface area (Å²) < 4.78 is 5.18. The lowest BCUT2D eigenvalue weighted by Gasteiger charge is -2.24. The van der Waals surface area contributed by atoms with Crippen LogP contribution in [0.3, 0.4) is 0 Å². The Morgan fingerprint density at radius 2 is 1.85 bits per heavy atom. The van der Waals surface area contributed by atoms with Gasteiger partial charge in [0.05, 0.1) is 6.61 Å². The molecule has 1 aromatic rings. The zero-order valence-electron chi connectivity index (χ0n) is 13.2. The molecule has 0 aromatic heterocycles. The van der Waals surface area contributed by atoms with Crippen molar-refractivity contribution in [2.75, 3.05) is 33.4 Å². The summed E-state index contributed by atoms with van der Waals surface area (Å²) in [5.41, 5.74) is 7.48. The molecule has 1 rings (SSSR count). The van der Waals surface area contributed by atoms with E-state index in [9.17, 15) is 0 Å². The molecule has 0 aliphatic carbocycles. The van der Waals surface area contributed by atoms with Crippen LogP contribution in [0.25, 0.3) is 0 Å². The largest absolute Gasteiger partial charge is 0.383 e. The molecule has 20 heavy (non-hydrogen) atoms. The van der Waals surface area contributed by atoms with Gasteiger partial charge in [0.25, 0.3) is 0 Å². The normalized spacial score (nSPS) is 13.1. The zero-order valence-corrected chi connectivity index (χ0v) is 13.2. The second-order valence-electron chi connectivity index (χ2n) is 5.85. The van der Waals surface area contributed by atoms with Crippen LogP contribution in [0.2, 0.25) is 0 Å². The van der Waals surface area contributed by atoms with Crippen molar-refractivity contribution < 1.29 is 4.74 Å². The summed E-state index contributed by atoms with van der Waals surface area (Å²) in [6.45, 7) is 8.56. The average molecular weight is 278 g/mol. The summed E-state index contributed by atoms with van der Waals surface area (Å²) in [4.78, 5) is 2.48. The quantitative estimate of drug-likeness (QED) is 0.715. The Balaban J connectivity index is 2.32. The molecule has 0 amide bonds. The average Bonchev–Trinajstić information content (AvgIpc) is 2.44. The number of ether oxygens (including phenoxy) is 1. The highest BCUT2D eigenvalue weighted by Gasteiger charge is 2.09. The highest BCUT2D eigenvalue weighted by Crippen LogP contribution is 2.15. The molecular weight excluding hydrogens is 248 g/mol. The first-order chi connectivity index (χ1) is 9.63. The van der Waals surface area contributed by atoms with E-state index in [4.69, 9.17) is 10.5 Å². The van der Waals surface area contributed by atoms with E-state index in [1.807, 2.05) is 6.07 Å². The summed E-state index contributed by atoms with van der Waals surface area (Å²) in [6, 6.07) is 10.5. The van der Waals surface area contributed by atoms with Crippen molar-refractivity contribution in [3.63, 3.8) is 0 Å². The summed E-state index contributed by atoms with van der Waals surface area (Å²) in [6.07, 6.45) is 2.16. The molecule has 114 valence electrons. The number of hydrogen-bond donors (Lipinski definition) is 1. The fourth-order valence-electron chi connectivity index (χ4n) is 2.43. The van der Waals surface area contributed by atoms with Gasteiger partial charge in [-0.1, -0.05) is 44.2 Å². The molecule has 3 heteroatoms. The molecule has 0 heterocycles. The van der Waals surface area contributed by atoms with Gasteiger partial charge in [-0.3, -0.25) is 0 Å². The molecule has 0 saturated heterocycles. The molecule has 1 unspecified atom stereocenters. The van der Waals surface area contributed by atoms with E-state index in [1.165, 1.54) is 5.56 Å². The van der Waals surface area contributed by atoms with Crippen molar-refractivity contribution in [1.29, 1.82) is 0 Å². The van der Waals surface area contributed by atoms with Crippen molar-refractivity contribution in [2.24, 2.45) is 11.7 Å². The summed E-state index contributed by atoms with van der Waals surface area (Å²) in [5.74, 6) is 0.689. The fraction of sp³-hybridized carbons (Fsp3) is 0.647. The molecule has 3 nitrogen and oxygen atoms in total. The van der Waals surface area contributed by atoms with Gasteiger partial charge < -0.3 is 15.4 Å². The Hall–Kier alpha value is -0.900. The number of rotatable bonds is 10. The minimum absolute atomic E-state index is 0.152. The second kappa shape index (κ2) is 9.92. The van der Waals surface area contributed by atoms with Crippen LogP contribution in [0.5, 0.6) is 0 Å². The molecule has 0 spiro atoms. The van der Waals surface area contributed by atoms with Crippen molar-refractivity contribution in [1.82, 2.24) is 4.90 Å². The first kappa shape index (κ1) is 17.2. The third-order valence-electron chi connectivity index (χ3n) is 3.45. The standard InChI is InChI=1S/C17H30N2O/c1-15(2)14-19(12-13-20-3)11-7-10-17(18)16-8-5-4-6-9-16/h4-6,8-9,15,17H,7,10-14,18H2,1-3H3. The highest BCUT2D eigenvalue weighted by molar-refractivity contribution is 5.18. The van der Waals surface area contributed by atoms with Gasteiger partial charge in [0.15, 0.2) is 0 Å². The van der Waals surface area contributed by atoms with Crippen LogP contribution < -0.4 is 5.73 Å². The number of nitrogens with two attached hydrogens (primary N) is 1. The molecule has 0 radical (unpaired) electrons. The van der Waals surface area contributed by atoms with Crippen LogP contribution in [-0.4, -0.2) is 38.3 Å². The fourth-order valence-corrected chi connectivity index (χ4v) is 2.43. The van der Waals surface area contributed by atoms with Gasteiger partial charge in [-0.25, -0.2) is 0 Å². The number of benzene rings is 1. The molecule has 2 N–H and O–H groups in total. The van der Waals surface area contributed by atoms with Gasteiger partial charge in [0.2, 0.25) is 0 Å². The van der Waals surface area contributed by atoms with E-state index in [-0.39, 0.29) is 6.04 Å². The predicted octanol–water partition coefficient (Wildman–Crippen LogP) is 3.07. The van der Waals surface area contributed by atoms with Gasteiger partial charge in [0.1, 0.15) is 0 Å². The smallest absolute Gasteiger partial charge is 0.0589 e. The monoisotopic (exact) mass is 278 g/mol. The van der Waals surface area contributed by atoms with Crippen LogP contribution in [0.1, 0.15) is 38.3 Å². The van der Waals surface area contributed by atoms with Gasteiger partial charge in [-0.15, -0.1) is 0 Å². The predicted molar refractivity (Wildman–Crippen MR) is 85.8 cm³/mol. The molecular formula is C17H30N2O. The highest BCUT2D eigenvalue weighted by atomic mass is 16.5. The van der Waals surface area contributed by atoms with Crippen LogP contribution in [0.4, 0.5) is 0 Å². The Morgan fingerprint density at radius 3 is 2.45 bits per heavy atom. The minimum Gasteiger partial charge on any atom is -0.383 e. The lowest BCUT2D eigenvalue weighted by atomic mass is 10.0. The van der Waals surface area contributed by atoms with Gasteiger partial charge in [-0.05, 0) is 30.9 Å². The first-order valence-corrected chi connectivity index (χ1v) is 7.65. The minimum atomic E-state index is 0.152. The van der Waals surface area contributed by atoms with E-state index in [2.05, 4.69) is 43.0 Å². The van der Waals surface area contributed by atoms with E-state index in [0.29, 0.717) is 5.92 Å². The van der Waals surface area contributed by atoms with Crippen LogP contribution >= 0.6 is 0 Å². The van der Waals surface area contributed by atoms with Crippen molar-refractivity contribution >= 4 is 0 Å². The maximum absolute atomic E-state index is 6.24. The topological polar surface area (TPSA) is 38.5 Å². The van der Waals surface area contributed by atoms with Crippen LogP contribution in [0, 0.1) is 5.92 Å². The van der Waals surface area contributed by atoms with Gasteiger partial charge in [0, 0.05) is 26.2 Å². The molecule has 0 aliphatic heterocycles. The van der Waals surface area contributed by atoms with Gasteiger partial charge in [-0.2, -0.15) is 0 Å². The van der Waals surface area contributed by atoms with E-state index in [0.717, 1.165) is 39.1 Å². The Kier molecular flexibility index (Phi) is 8.51. The lowest BCUT2D eigenvalue weighted by molar-refractivity contribution is 0.138. The second-order valence-corrected chi connectivity index (χ2v) is 5.85. The number of nitrogens with zero attached hydrogens (tertiary/aromatic N) is 1. The van der Waals surface area contributed by atoms with Crippen molar-refractivity contribution in [3.05, 3.63) is 35.9 Å².